The third-order valence-electron chi connectivity index (χ3n) is 6.14. The van der Waals surface area contributed by atoms with E-state index in [1.165, 1.54) is 23.0 Å². The van der Waals surface area contributed by atoms with E-state index in [0.29, 0.717) is 32.8 Å². The fourth-order valence-electron chi connectivity index (χ4n) is 4.35. The number of hydrogen-bond acceptors (Lipinski definition) is 6. The average Bonchev–Trinajstić information content (AvgIpc) is 3.30. The highest BCUT2D eigenvalue weighted by atomic mass is 32.1. The van der Waals surface area contributed by atoms with Crippen molar-refractivity contribution in [1.82, 2.24) is 9.13 Å². The molecule has 8 nitrogen and oxygen atoms in total. The van der Waals surface area contributed by atoms with Crippen LogP contribution in [0.3, 0.4) is 0 Å². The summed E-state index contributed by atoms with van der Waals surface area (Å²) in [6, 6.07) is 21.7. The first kappa shape index (κ1) is 24.0. The number of carbonyl (C=O) groups is 1. The van der Waals surface area contributed by atoms with E-state index < -0.39 is 17.2 Å². The molecule has 0 atom stereocenters. The van der Waals surface area contributed by atoms with E-state index in [1.807, 2.05) is 37.3 Å². The zero-order valence-electron chi connectivity index (χ0n) is 20.1. The highest BCUT2D eigenvalue weighted by Crippen LogP contribution is 2.31. The second-order valence-corrected chi connectivity index (χ2v) is 9.61. The van der Waals surface area contributed by atoms with Crippen LogP contribution in [-0.4, -0.2) is 22.2 Å². The number of amides is 1. The van der Waals surface area contributed by atoms with Gasteiger partial charge in [0.2, 0.25) is 5.91 Å². The van der Waals surface area contributed by atoms with Crippen LogP contribution in [0.1, 0.15) is 16.7 Å². The van der Waals surface area contributed by atoms with Crippen molar-refractivity contribution in [3.05, 3.63) is 104 Å². The van der Waals surface area contributed by atoms with Gasteiger partial charge in [0.05, 0.1) is 36.5 Å². The first-order chi connectivity index (χ1) is 17.9. The summed E-state index contributed by atoms with van der Waals surface area (Å²) in [7, 11) is 1.52. The van der Waals surface area contributed by atoms with E-state index in [4.69, 9.17) is 4.74 Å². The fourth-order valence-corrected chi connectivity index (χ4v) is 5.51. The van der Waals surface area contributed by atoms with Crippen LogP contribution in [0.4, 0.5) is 5.69 Å². The van der Waals surface area contributed by atoms with Gasteiger partial charge in [0, 0.05) is 10.1 Å². The summed E-state index contributed by atoms with van der Waals surface area (Å²) < 4.78 is 9.01. The molecule has 0 aliphatic rings. The standard InChI is InChI=1S/C28H22N4O4S/c1-17-11-12-21(22(13-17)36-2)30-24(33)16-31-25-20-9-5-6-10-23(20)37-26(25)27(34)32(28(31)35)15-19-8-4-3-7-18(19)14-29/h3-13H,15-16H2,1-2H3,(H,30,33). The van der Waals surface area contributed by atoms with E-state index in [1.54, 1.807) is 36.4 Å². The predicted molar refractivity (Wildman–Crippen MR) is 144 cm³/mol. The van der Waals surface area contributed by atoms with Gasteiger partial charge in [-0.25, -0.2) is 4.79 Å². The van der Waals surface area contributed by atoms with E-state index in [2.05, 4.69) is 11.4 Å². The molecule has 2 aromatic heterocycles. The van der Waals surface area contributed by atoms with Crippen molar-refractivity contribution in [2.24, 2.45) is 0 Å². The Kier molecular flexibility index (Phi) is 6.34. The second kappa shape index (κ2) is 9.76. The van der Waals surface area contributed by atoms with E-state index >= 15 is 0 Å². The Morgan fingerprint density at radius 3 is 2.59 bits per heavy atom. The minimum absolute atomic E-state index is 0.0843. The van der Waals surface area contributed by atoms with Crippen LogP contribution in [0.2, 0.25) is 0 Å². The lowest BCUT2D eigenvalue weighted by atomic mass is 10.1. The number of aromatic nitrogens is 2. The van der Waals surface area contributed by atoms with Crippen molar-refractivity contribution in [3.8, 4) is 11.8 Å². The van der Waals surface area contributed by atoms with E-state index in [0.717, 1.165) is 20.2 Å². The van der Waals surface area contributed by atoms with E-state index in [-0.39, 0.29) is 13.1 Å². The van der Waals surface area contributed by atoms with Crippen LogP contribution in [0.15, 0.2) is 76.3 Å². The minimum atomic E-state index is -0.625. The molecule has 0 aliphatic heterocycles. The molecule has 184 valence electrons. The first-order valence-electron chi connectivity index (χ1n) is 11.5. The van der Waals surface area contributed by atoms with E-state index in [9.17, 15) is 19.6 Å². The Labute approximate surface area is 215 Å². The zero-order chi connectivity index (χ0) is 26.1. The van der Waals surface area contributed by atoms with Gasteiger partial charge in [-0.3, -0.25) is 18.7 Å². The smallest absolute Gasteiger partial charge is 0.332 e. The molecule has 0 saturated heterocycles. The molecule has 0 radical (unpaired) electrons. The van der Waals surface area contributed by atoms with Crippen molar-refractivity contribution >= 4 is 43.2 Å². The Balaban J connectivity index is 1.66. The van der Waals surface area contributed by atoms with Gasteiger partial charge in [0.25, 0.3) is 5.56 Å². The summed E-state index contributed by atoms with van der Waals surface area (Å²) in [5.74, 6) is 0.0633. The predicted octanol–water partition coefficient (Wildman–Crippen LogP) is 4.25. The average molecular weight is 511 g/mol. The van der Waals surface area contributed by atoms with Crippen LogP contribution in [0.5, 0.6) is 5.75 Å². The molecular formula is C28H22N4O4S. The fraction of sp³-hybridized carbons (Fsp3) is 0.143. The zero-order valence-corrected chi connectivity index (χ0v) is 21.0. The van der Waals surface area contributed by atoms with Crippen molar-refractivity contribution in [2.75, 3.05) is 12.4 Å². The SMILES string of the molecule is COc1cc(C)ccc1NC(=O)Cn1c(=O)n(Cc2ccccc2C#N)c(=O)c2sc3ccccc3c21. The molecule has 0 spiro atoms. The number of anilines is 1. The number of nitrogens with one attached hydrogen (secondary N) is 1. The maximum absolute atomic E-state index is 13.7. The first-order valence-corrected chi connectivity index (χ1v) is 12.3. The quantitative estimate of drug-likeness (QED) is 0.368. The third-order valence-corrected chi connectivity index (χ3v) is 7.29. The molecule has 0 unspecified atom stereocenters. The summed E-state index contributed by atoms with van der Waals surface area (Å²) >= 11 is 1.27. The largest absolute Gasteiger partial charge is 0.495 e. The topological polar surface area (TPSA) is 106 Å². The Hall–Kier alpha value is -4.68. The Bertz CT molecular complexity index is 1840. The van der Waals surface area contributed by atoms with Gasteiger partial charge in [-0.1, -0.05) is 42.5 Å². The molecule has 0 bridgehead atoms. The molecule has 0 saturated carbocycles. The summed E-state index contributed by atoms with van der Waals surface area (Å²) in [4.78, 5) is 40.5. The summed E-state index contributed by atoms with van der Waals surface area (Å²) in [5.41, 5.74) is 1.72. The number of rotatable bonds is 6. The molecule has 5 rings (SSSR count). The number of methoxy groups -OCH3 is 1. The molecule has 3 aromatic carbocycles. The molecule has 2 heterocycles. The molecule has 0 fully saturated rings. The lowest BCUT2D eigenvalue weighted by Crippen LogP contribution is -2.41. The van der Waals surface area contributed by atoms with Gasteiger partial charge in [-0.15, -0.1) is 11.3 Å². The maximum Gasteiger partial charge on any atom is 0.332 e. The number of nitriles is 1. The molecule has 0 aliphatic carbocycles. The maximum atomic E-state index is 13.7. The number of fused-ring (bicyclic) bond motifs is 3. The molecule has 37 heavy (non-hydrogen) atoms. The summed E-state index contributed by atoms with van der Waals surface area (Å²) in [6.07, 6.45) is 0. The van der Waals surface area contributed by atoms with Crippen molar-refractivity contribution in [3.63, 3.8) is 0 Å². The van der Waals surface area contributed by atoms with Crippen LogP contribution >= 0.6 is 11.3 Å². The normalized spacial score (nSPS) is 10.9. The number of aryl methyl sites for hydroxylation is 1. The number of ether oxygens (including phenoxy) is 1. The second-order valence-electron chi connectivity index (χ2n) is 8.56. The van der Waals surface area contributed by atoms with Gasteiger partial charge in [0.1, 0.15) is 17.0 Å². The van der Waals surface area contributed by atoms with Gasteiger partial charge < -0.3 is 10.1 Å². The monoisotopic (exact) mass is 510 g/mol. The molecule has 1 amide bonds. The van der Waals surface area contributed by atoms with Crippen molar-refractivity contribution < 1.29 is 9.53 Å². The number of nitrogens with zero attached hydrogens (tertiary/aromatic N) is 3. The molecule has 9 heteroatoms. The third kappa shape index (κ3) is 4.39. The van der Waals surface area contributed by atoms with Gasteiger partial charge in [-0.2, -0.15) is 5.26 Å². The van der Waals surface area contributed by atoms with Gasteiger partial charge in [-0.05, 0) is 42.3 Å². The Morgan fingerprint density at radius 1 is 1.05 bits per heavy atom. The highest BCUT2D eigenvalue weighted by molar-refractivity contribution is 7.25. The number of benzene rings is 3. The lowest BCUT2D eigenvalue weighted by Gasteiger charge is -2.14. The van der Waals surface area contributed by atoms with Crippen LogP contribution in [0, 0.1) is 18.3 Å². The Morgan fingerprint density at radius 2 is 1.81 bits per heavy atom. The summed E-state index contributed by atoms with van der Waals surface area (Å²) in [6.45, 7) is 1.52. The number of thiophene rings is 1. The van der Waals surface area contributed by atoms with Gasteiger partial charge in [0.15, 0.2) is 0 Å². The van der Waals surface area contributed by atoms with Crippen molar-refractivity contribution in [1.29, 1.82) is 5.26 Å². The minimum Gasteiger partial charge on any atom is -0.495 e. The van der Waals surface area contributed by atoms with Crippen LogP contribution in [0.25, 0.3) is 20.3 Å². The molecular weight excluding hydrogens is 488 g/mol. The molecule has 1 N–H and O–H groups in total. The highest BCUT2D eigenvalue weighted by Gasteiger charge is 2.21. The summed E-state index contributed by atoms with van der Waals surface area (Å²) in [5, 5.41) is 13.0. The number of carbonyl (C=O) groups excluding carboxylic acids is 1. The van der Waals surface area contributed by atoms with Gasteiger partial charge >= 0.3 is 5.69 Å². The van der Waals surface area contributed by atoms with Crippen LogP contribution in [-0.2, 0) is 17.9 Å². The van der Waals surface area contributed by atoms with Crippen molar-refractivity contribution in [2.45, 2.75) is 20.0 Å². The van der Waals surface area contributed by atoms with Crippen LogP contribution < -0.4 is 21.3 Å². The number of hydrogen-bond donors (Lipinski definition) is 1. The molecule has 5 aromatic rings. The lowest BCUT2D eigenvalue weighted by molar-refractivity contribution is -0.116.